The van der Waals surface area contributed by atoms with E-state index in [1.54, 1.807) is 6.07 Å². The Morgan fingerprint density at radius 3 is 2.65 bits per heavy atom. The molecular weight excluding hydrogens is 263 g/mol. The van der Waals surface area contributed by atoms with Crippen LogP contribution in [0.15, 0.2) is 6.07 Å². The molecule has 0 aliphatic carbocycles. The molecule has 0 aromatic carbocycles. The van der Waals surface area contributed by atoms with Crippen LogP contribution in [0.2, 0.25) is 10.0 Å². The smallest absolute Gasteiger partial charge is 0.161 e. The third kappa shape index (κ3) is 4.20. The number of nitrogens with two attached hydrogens (primary N) is 1. The molecule has 0 radical (unpaired) electrons. The second-order valence-corrected chi connectivity index (χ2v) is 4.31. The molecule has 0 saturated carbocycles. The Morgan fingerprint density at radius 1 is 1.41 bits per heavy atom. The van der Waals surface area contributed by atoms with Crippen molar-refractivity contribution in [3.8, 4) is 0 Å². The normalized spacial score (nSPS) is 12.3. The van der Waals surface area contributed by atoms with Crippen molar-refractivity contribution in [2.24, 2.45) is 5.84 Å². The predicted molar refractivity (Wildman–Crippen MR) is 71.6 cm³/mol. The molecule has 0 aliphatic rings. The van der Waals surface area contributed by atoms with Gasteiger partial charge in [0, 0.05) is 12.6 Å². The molecular formula is C10H16Cl2N4O. The van der Waals surface area contributed by atoms with Gasteiger partial charge < -0.3 is 15.5 Å². The molecule has 7 heteroatoms. The van der Waals surface area contributed by atoms with Gasteiger partial charge in [0.05, 0.1) is 16.7 Å². The molecule has 5 nitrogen and oxygen atoms in total. The summed E-state index contributed by atoms with van der Waals surface area (Å²) < 4.78 is 5.29. The van der Waals surface area contributed by atoms with Gasteiger partial charge in [-0.1, -0.05) is 23.2 Å². The zero-order chi connectivity index (χ0) is 12.8. The van der Waals surface area contributed by atoms with E-state index in [9.17, 15) is 0 Å². The van der Waals surface area contributed by atoms with Crippen LogP contribution in [0.25, 0.3) is 0 Å². The highest BCUT2D eigenvalue weighted by molar-refractivity contribution is 6.37. The maximum absolute atomic E-state index is 6.02. The molecule has 1 heterocycles. The van der Waals surface area contributed by atoms with Gasteiger partial charge in [0.15, 0.2) is 5.82 Å². The Hall–Kier alpha value is -0.750. The van der Waals surface area contributed by atoms with Crippen molar-refractivity contribution >= 4 is 34.8 Å². The highest BCUT2D eigenvalue weighted by atomic mass is 35.5. The summed E-state index contributed by atoms with van der Waals surface area (Å²) in [6.45, 7) is 5.15. The molecule has 17 heavy (non-hydrogen) atoms. The van der Waals surface area contributed by atoms with Gasteiger partial charge in [0.1, 0.15) is 5.82 Å². The largest absolute Gasteiger partial charge is 0.380 e. The molecule has 4 N–H and O–H groups in total. The summed E-state index contributed by atoms with van der Waals surface area (Å²) in [6, 6.07) is 1.67. The lowest BCUT2D eigenvalue weighted by molar-refractivity contribution is 0.141. The van der Waals surface area contributed by atoms with E-state index in [-0.39, 0.29) is 6.04 Å². The van der Waals surface area contributed by atoms with Crippen molar-refractivity contribution in [3.05, 3.63) is 16.1 Å². The minimum absolute atomic E-state index is 0.0896. The van der Waals surface area contributed by atoms with Gasteiger partial charge in [-0.25, -0.2) is 10.8 Å². The van der Waals surface area contributed by atoms with Gasteiger partial charge in [0.25, 0.3) is 0 Å². The fourth-order valence-electron chi connectivity index (χ4n) is 1.24. The molecule has 0 fully saturated rings. The average molecular weight is 279 g/mol. The topological polar surface area (TPSA) is 72.2 Å². The van der Waals surface area contributed by atoms with E-state index in [4.69, 9.17) is 33.8 Å². The number of aromatic nitrogens is 1. The Morgan fingerprint density at radius 2 is 2.06 bits per heavy atom. The first kappa shape index (κ1) is 14.3. The minimum atomic E-state index is 0.0896. The fourth-order valence-corrected chi connectivity index (χ4v) is 1.71. The number of hydrogen-bond donors (Lipinski definition) is 3. The van der Waals surface area contributed by atoms with Crippen molar-refractivity contribution in [3.63, 3.8) is 0 Å². The van der Waals surface area contributed by atoms with Crippen LogP contribution in [0.4, 0.5) is 11.6 Å². The number of nitrogens with one attached hydrogen (secondary N) is 2. The van der Waals surface area contributed by atoms with Crippen molar-refractivity contribution in [2.45, 2.75) is 19.9 Å². The first-order valence-electron chi connectivity index (χ1n) is 5.25. The summed E-state index contributed by atoms with van der Waals surface area (Å²) in [5.41, 5.74) is 2.41. The predicted octanol–water partition coefficient (Wildman–Crippen LogP) is 2.51. The summed E-state index contributed by atoms with van der Waals surface area (Å²) in [4.78, 5) is 4.17. The van der Waals surface area contributed by atoms with E-state index in [0.29, 0.717) is 34.9 Å². The quantitative estimate of drug-likeness (QED) is 0.551. The van der Waals surface area contributed by atoms with E-state index >= 15 is 0 Å². The number of pyridine rings is 1. The number of hydrazine groups is 1. The number of nitrogens with zero attached hydrogens (tertiary/aromatic N) is 1. The molecule has 0 bridgehead atoms. The molecule has 0 amide bonds. The molecule has 1 atom stereocenters. The van der Waals surface area contributed by atoms with Crippen LogP contribution < -0.4 is 16.6 Å². The van der Waals surface area contributed by atoms with Gasteiger partial charge in [-0.3, -0.25) is 0 Å². The molecule has 1 unspecified atom stereocenters. The maximum Gasteiger partial charge on any atom is 0.161 e. The highest BCUT2D eigenvalue weighted by Crippen LogP contribution is 2.28. The Labute approximate surface area is 111 Å². The zero-order valence-electron chi connectivity index (χ0n) is 9.76. The van der Waals surface area contributed by atoms with E-state index in [2.05, 4.69) is 15.7 Å². The molecule has 96 valence electrons. The van der Waals surface area contributed by atoms with Crippen molar-refractivity contribution in [2.75, 3.05) is 24.0 Å². The van der Waals surface area contributed by atoms with Gasteiger partial charge in [-0.2, -0.15) is 0 Å². The first-order chi connectivity index (χ1) is 8.08. The van der Waals surface area contributed by atoms with E-state index in [1.165, 1.54) is 0 Å². The van der Waals surface area contributed by atoms with E-state index in [1.807, 2.05) is 13.8 Å². The van der Waals surface area contributed by atoms with Crippen LogP contribution in [0.1, 0.15) is 13.8 Å². The van der Waals surface area contributed by atoms with Crippen LogP contribution in [0.5, 0.6) is 0 Å². The van der Waals surface area contributed by atoms with Crippen LogP contribution in [-0.4, -0.2) is 24.2 Å². The van der Waals surface area contributed by atoms with Crippen LogP contribution in [0.3, 0.4) is 0 Å². The van der Waals surface area contributed by atoms with Crippen molar-refractivity contribution in [1.29, 1.82) is 0 Å². The third-order valence-corrected chi connectivity index (χ3v) is 2.60. The minimum Gasteiger partial charge on any atom is -0.380 e. The summed E-state index contributed by atoms with van der Waals surface area (Å²) in [5.74, 6) is 6.19. The molecule has 0 aliphatic heterocycles. The van der Waals surface area contributed by atoms with Gasteiger partial charge >= 0.3 is 0 Å². The van der Waals surface area contributed by atoms with Crippen molar-refractivity contribution < 1.29 is 4.74 Å². The SMILES string of the molecule is CCOCC(C)Nc1nc(NN)c(Cl)cc1Cl. The van der Waals surface area contributed by atoms with Crippen LogP contribution in [-0.2, 0) is 4.74 Å². The standard InChI is InChI=1S/C10H16Cl2N4O/c1-3-17-5-6(2)14-9-7(11)4-8(12)10(15-9)16-13/h4,6H,3,5,13H2,1-2H3,(H2,14,15,16). The molecule has 0 saturated heterocycles. The molecule has 1 aromatic heterocycles. The molecule has 0 spiro atoms. The third-order valence-electron chi connectivity index (χ3n) is 2.02. The van der Waals surface area contributed by atoms with Crippen molar-refractivity contribution in [1.82, 2.24) is 4.98 Å². The molecule has 1 aromatic rings. The highest BCUT2D eigenvalue weighted by Gasteiger charge is 2.10. The number of anilines is 2. The van der Waals surface area contributed by atoms with Gasteiger partial charge in [-0.15, -0.1) is 0 Å². The summed E-state index contributed by atoms with van der Waals surface area (Å²) >= 11 is 11.9. The lowest BCUT2D eigenvalue weighted by Crippen LogP contribution is -2.23. The number of ether oxygens (including phenoxy) is 1. The summed E-state index contributed by atoms with van der Waals surface area (Å²) in [5, 5.41) is 3.94. The molecule has 1 rings (SSSR count). The lowest BCUT2D eigenvalue weighted by Gasteiger charge is -2.16. The van der Waals surface area contributed by atoms with Crippen LogP contribution >= 0.6 is 23.2 Å². The monoisotopic (exact) mass is 278 g/mol. The van der Waals surface area contributed by atoms with Gasteiger partial charge in [-0.05, 0) is 19.9 Å². The first-order valence-corrected chi connectivity index (χ1v) is 6.01. The second-order valence-electron chi connectivity index (χ2n) is 3.50. The number of nitrogen functional groups attached to an aromatic ring is 1. The van der Waals surface area contributed by atoms with Gasteiger partial charge in [0.2, 0.25) is 0 Å². The van der Waals surface area contributed by atoms with E-state index < -0.39 is 0 Å². The number of hydrogen-bond acceptors (Lipinski definition) is 5. The maximum atomic E-state index is 6.02. The Bertz CT molecular complexity index is 376. The summed E-state index contributed by atoms with van der Waals surface area (Å²) in [7, 11) is 0. The van der Waals surface area contributed by atoms with E-state index in [0.717, 1.165) is 0 Å². The zero-order valence-corrected chi connectivity index (χ0v) is 11.3. The Balaban J connectivity index is 2.76. The second kappa shape index (κ2) is 6.86. The van der Waals surface area contributed by atoms with Crippen LogP contribution in [0, 0.1) is 0 Å². The number of rotatable bonds is 6. The number of halogens is 2. The lowest BCUT2D eigenvalue weighted by atomic mass is 10.3. The average Bonchev–Trinajstić information content (AvgIpc) is 2.30. The summed E-state index contributed by atoms with van der Waals surface area (Å²) in [6.07, 6.45) is 0. The fraction of sp³-hybridized carbons (Fsp3) is 0.500. The Kier molecular flexibility index (Phi) is 5.77.